The molecule has 36 heavy (non-hydrogen) atoms. The van der Waals surface area contributed by atoms with Gasteiger partial charge >= 0.3 is 11.9 Å². The molecule has 0 aromatic rings. The van der Waals surface area contributed by atoms with Gasteiger partial charge in [-0.25, -0.2) is 9.59 Å². The lowest BCUT2D eigenvalue weighted by Crippen LogP contribution is -2.58. The lowest BCUT2D eigenvalue weighted by atomic mass is 9.45. The maximum absolute atomic E-state index is 12.1. The van der Waals surface area contributed by atoms with Crippen LogP contribution in [0.5, 0.6) is 0 Å². The number of aliphatic carboxylic acids is 2. The van der Waals surface area contributed by atoms with Crippen molar-refractivity contribution >= 4 is 29.6 Å². The van der Waals surface area contributed by atoms with Gasteiger partial charge in [0.2, 0.25) is 13.2 Å². The molecule has 11 heteroatoms. The van der Waals surface area contributed by atoms with Crippen molar-refractivity contribution < 1.29 is 44.5 Å². The highest BCUT2D eigenvalue weighted by Gasteiger charge is 2.64. The van der Waals surface area contributed by atoms with Gasteiger partial charge in [-0.3, -0.25) is 4.79 Å². The molecule has 4 aliphatic carbocycles. The Labute approximate surface area is 208 Å². The predicted octanol–water partition coefficient (Wildman–Crippen LogP) is 1.62. The van der Waals surface area contributed by atoms with Crippen molar-refractivity contribution in [3.05, 3.63) is 11.6 Å². The van der Waals surface area contributed by atoms with Crippen molar-refractivity contribution in [2.75, 3.05) is 19.8 Å². The van der Waals surface area contributed by atoms with E-state index >= 15 is 0 Å². The standard InChI is InChI=1S/C25H34N2O9/c1-24-7-6-15(29)8-14(24)2-3-16-17-4-5-18(19(10-28)27-36-12-22(33)34)25(17,9-20(30)23(16)24)13-26-35-11-21(31)32/h8,13,16-18,20,23,28,30H,2-7,9-12H2,1H3,(H,31,32)(H,33,34)/b26-13-,27-19+/t16-,17-,18+,20-,23+,24-,25+/m0/s1. The summed E-state index contributed by atoms with van der Waals surface area (Å²) in [7, 11) is 0. The van der Waals surface area contributed by atoms with E-state index in [-0.39, 0.29) is 41.1 Å². The highest BCUT2D eigenvalue weighted by atomic mass is 16.6. The second-order valence-electron chi connectivity index (χ2n) is 10.7. The third-order valence-electron chi connectivity index (χ3n) is 8.99. The molecule has 0 bridgehead atoms. The molecular formula is C25H34N2O9. The number of fused-ring (bicyclic) bond motifs is 5. The molecule has 0 saturated heterocycles. The van der Waals surface area contributed by atoms with Crippen LogP contribution in [0.25, 0.3) is 0 Å². The zero-order valence-corrected chi connectivity index (χ0v) is 20.3. The first kappa shape index (κ1) is 26.3. The molecule has 7 atom stereocenters. The number of oxime groups is 2. The number of carbonyl (C=O) groups is 3. The highest BCUT2D eigenvalue weighted by Crippen LogP contribution is 2.66. The van der Waals surface area contributed by atoms with E-state index < -0.39 is 49.2 Å². The summed E-state index contributed by atoms with van der Waals surface area (Å²) < 4.78 is 0. The second-order valence-corrected chi connectivity index (χ2v) is 10.7. The molecule has 4 aliphatic rings. The first-order chi connectivity index (χ1) is 17.1. The zero-order valence-electron chi connectivity index (χ0n) is 20.3. The fourth-order valence-corrected chi connectivity index (χ4v) is 7.70. The normalized spacial score (nSPS) is 38.1. The smallest absolute Gasteiger partial charge is 0.344 e. The molecule has 4 N–H and O–H groups in total. The minimum absolute atomic E-state index is 0.0419. The van der Waals surface area contributed by atoms with Crippen LogP contribution in [0.15, 0.2) is 22.0 Å². The molecule has 0 radical (unpaired) electrons. The molecule has 3 fully saturated rings. The topological polar surface area (TPSA) is 175 Å². The van der Waals surface area contributed by atoms with Gasteiger partial charge in [0.1, 0.15) is 0 Å². The van der Waals surface area contributed by atoms with Gasteiger partial charge in [-0.05, 0) is 67.8 Å². The van der Waals surface area contributed by atoms with Crippen LogP contribution in [0, 0.1) is 34.5 Å². The number of carbonyl (C=O) groups excluding carboxylic acids is 1. The van der Waals surface area contributed by atoms with Crippen LogP contribution in [0.1, 0.15) is 51.9 Å². The van der Waals surface area contributed by atoms with Crippen molar-refractivity contribution in [2.24, 2.45) is 44.8 Å². The first-order valence-corrected chi connectivity index (χ1v) is 12.4. The van der Waals surface area contributed by atoms with E-state index in [1.807, 2.05) is 0 Å². The largest absolute Gasteiger partial charge is 0.479 e. The monoisotopic (exact) mass is 506 g/mol. The molecule has 0 spiro atoms. The van der Waals surface area contributed by atoms with Crippen LogP contribution >= 0.6 is 0 Å². The predicted molar refractivity (Wildman–Crippen MR) is 126 cm³/mol. The van der Waals surface area contributed by atoms with Crippen molar-refractivity contribution in [3.63, 3.8) is 0 Å². The van der Waals surface area contributed by atoms with Crippen molar-refractivity contribution in [1.82, 2.24) is 0 Å². The minimum atomic E-state index is -1.19. The quantitative estimate of drug-likeness (QED) is 0.267. The van der Waals surface area contributed by atoms with Gasteiger partial charge in [-0.1, -0.05) is 22.8 Å². The Morgan fingerprint density at radius 1 is 1.14 bits per heavy atom. The van der Waals surface area contributed by atoms with Gasteiger partial charge in [-0.2, -0.15) is 0 Å². The number of hydrogen-bond acceptors (Lipinski definition) is 9. The summed E-state index contributed by atoms with van der Waals surface area (Å²) in [5.41, 5.74) is 0.310. The Balaban J connectivity index is 1.70. The summed E-state index contributed by atoms with van der Waals surface area (Å²) in [6, 6.07) is 0. The Morgan fingerprint density at radius 2 is 1.86 bits per heavy atom. The highest BCUT2D eigenvalue weighted by molar-refractivity contribution is 5.92. The van der Waals surface area contributed by atoms with Gasteiger partial charge in [0, 0.05) is 17.8 Å². The summed E-state index contributed by atoms with van der Waals surface area (Å²) in [5, 5.41) is 47.5. The lowest BCUT2D eigenvalue weighted by Gasteiger charge is -2.59. The zero-order chi connectivity index (χ0) is 26.1. The van der Waals surface area contributed by atoms with Crippen molar-refractivity contribution in [1.29, 1.82) is 0 Å². The van der Waals surface area contributed by atoms with Crippen LogP contribution < -0.4 is 0 Å². The SMILES string of the molecule is C[C@]12CCC(=O)C=C1CC[C@@H]1[C@@H]2[C@@H](O)C[C@]2(/C=N\OCC(=O)O)[C@@H](/C(CO)=N/OCC(=O)O)CC[C@@H]12. The molecule has 4 rings (SSSR count). The van der Waals surface area contributed by atoms with E-state index in [1.165, 1.54) is 0 Å². The fraction of sp³-hybridized carbons (Fsp3) is 0.720. The van der Waals surface area contributed by atoms with Crippen molar-refractivity contribution in [3.8, 4) is 0 Å². The van der Waals surface area contributed by atoms with E-state index in [0.29, 0.717) is 19.3 Å². The third-order valence-corrected chi connectivity index (χ3v) is 8.99. The summed E-state index contributed by atoms with van der Waals surface area (Å²) in [6.45, 7) is 0.427. The van der Waals surface area contributed by atoms with Crippen LogP contribution in [0.3, 0.4) is 0 Å². The maximum atomic E-state index is 12.1. The molecule has 11 nitrogen and oxygen atoms in total. The first-order valence-electron chi connectivity index (χ1n) is 12.4. The molecule has 0 heterocycles. The molecule has 0 unspecified atom stereocenters. The summed E-state index contributed by atoms with van der Waals surface area (Å²) >= 11 is 0. The number of carboxylic acid groups (broad SMARTS) is 2. The number of nitrogens with zero attached hydrogens (tertiary/aromatic N) is 2. The van der Waals surface area contributed by atoms with E-state index in [2.05, 4.69) is 17.2 Å². The van der Waals surface area contributed by atoms with E-state index in [9.17, 15) is 24.6 Å². The van der Waals surface area contributed by atoms with Crippen LogP contribution in [0.4, 0.5) is 0 Å². The Kier molecular flexibility index (Phi) is 7.51. The maximum Gasteiger partial charge on any atom is 0.344 e. The van der Waals surface area contributed by atoms with Gasteiger partial charge in [0.05, 0.1) is 24.6 Å². The van der Waals surface area contributed by atoms with E-state index in [0.717, 1.165) is 24.8 Å². The summed E-state index contributed by atoms with van der Waals surface area (Å²) in [4.78, 5) is 43.8. The fourth-order valence-electron chi connectivity index (χ4n) is 7.70. The van der Waals surface area contributed by atoms with Crippen LogP contribution in [-0.4, -0.2) is 76.0 Å². The summed E-state index contributed by atoms with van der Waals surface area (Å²) in [5.74, 6) is -2.52. The number of allylic oxidation sites excluding steroid dienone is 1. The summed E-state index contributed by atoms with van der Waals surface area (Å²) in [6.07, 6.45) is 6.97. The Morgan fingerprint density at radius 3 is 2.56 bits per heavy atom. The number of aliphatic hydroxyl groups excluding tert-OH is 2. The minimum Gasteiger partial charge on any atom is -0.479 e. The number of carboxylic acids is 2. The van der Waals surface area contributed by atoms with E-state index in [1.54, 1.807) is 12.3 Å². The molecule has 0 aromatic carbocycles. The van der Waals surface area contributed by atoms with Crippen LogP contribution in [-0.2, 0) is 24.1 Å². The van der Waals surface area contributed by atoms with Crippen LogP contribution in [0.2, 0.25) is 0 Å². The molecule has 0 aromatic heterocycles. The number of aliphatic hydroxyl groups is 2. The average molecular weight is 507 g/mol. The molecule has 0 amide bonds. The Hall–Kier alpha value is -2.79. The number of rotatable bonds is 9. The second kappa shape index (κ2) is 10.3. The lowest BCUT2D eigenvalue weighted by molar-refractivity contribution is -0.143. The van der Waals surface area contributed by atoms with Gasteiger partial charge < -0.3 is 30.1 Å². The molecular weight excluding hydrogens is 472 g/mol. The van der Waals surface area contributed by atoms with Gasteiger partial charge in [0.25, 0.3) is 0 Å². The van der Waals surface area contributed by atoms with E-state index in [4.69, 9.17) is 19.9 Å². The number of ketones is 1. The third kappa shape index (κ3) is 4.66. The number of hydrogen-bond donors (Lipinski definition) is 4. The molecule has 3 saturated carbocycles. The molecule has 198 valence electrons. The Bertz CT molecular complexity index is 992. The van der Waals surface area contributed by atoms with Crippen molar-refractivity contribution in [2.45, 2.75) is 58.0 Å². The van der Waals surface area contributed by atoms with Gasteiger partial charge in [0.15, 0.2) is 5.78 Å². The average Bonchev–Trinajstić information content (AvgIpc) is 3.18. The van der Waals surface area contributed by atoms with Gasteiger partial charge in [-0.15, -0.1) is 0 Å². The molecule has 0 aliphatic heterocycles.